The first-order valence-electron chi connectivity index (χ1n) is 6.52. The summed E-state index contributed by atoms with van der Waals surface area (Å²) in [4.78, 5) is 11.9. The summed E-state index contributed by atoms with van der Waals surface area (Å²) in [6, 6.07) is 5.98. The first-order chi connectivity index (χ1) is 8.69. The highest BCUT2D eigenvalue weighted by Crippen LogP contribution is 2.14. The molecule has 19 heavy (non-hydrogen) atoms. The molecule has 0 fully saturated rings. The molecule has 2 atom stereocenters. The van der Waals surface area contributed by atoms with Crippen molar-refractivity contribution in [1.82, 2.24) is 10.6 Å². The van der Waals surface area contributed by atoms with E-state index in [0.29, 0.717) is 0 Å². The quantitative estimate of drug-likeness (QED) is 0.880. The highest BCUT2D eigenvalue weighted by atomic mass is 19.1. The van der Waals surface area contributed by atoms with Crippen molar-refractivity contribution in [2.75, 3.05) is 0 Å². The largest absolute Gasteiger partial charge is 0.350 e. The van der Waals surface area contributed by atoms with Crippen LogP contribution in [0, 0.1) is 5.82 Å². The van der Waals surface area contributed by atoms with Crippen molar-refractivity contribution < 1.29 is 9.18 Å². The van der Waals surface area contributed by atoms with Crippen molar-refractivity contribution in [1.29, 1.82) is 0 Å². The van der Waals surface area contributed by atoms with Crippen LogP contribution in [0.4, 0.5) is 4.39 Å². The molecule has 0 aliphatic rings. The summed E-state index contributed by atoms with van der Waals surface area (Å²) < 4.78 is 13.1. The molecule has 1 rings (SSSR count). The van der Waals surface area contributed by atoms with E-state index in [1.165, 1.54) is 12.1 Å². The second-order valence-electron chi connectivity index (χ2n) is 5.90. The smallest absolute Gasteiger partial charge is 0.237 e. The molecule has 1 aromatic carbocycles. The zero-order valence-corrected chi connectivity index (χ0v) is 12.3. The fraction of sp³-hybridized carbons (Fsp3) is 0.533. The van der Waals surface area contributed by atoms with E-state index in [0.717, 1.165) is 5.56 Å². The van der Waals surface area contributed by atoms with Crippen LogP contribution < -0.4 is 10.6 Å². The molecule has 0 saturated carbocycles. The molecule has 1 unspecified atom stereocenters. The lowest BCUT2D eigenvalue weighted by Crippen LogP contribution is -2.49. The molecule has 0 aromatic heterocycles. The topological polar surface area (TPSA) is 41.1 Å². The van der Waals surface area contributed by atoms with Gasteiger partial charge in [-0.1, -0.05) is 12.1 Å². The third-order valence-electron chi connectivity index (χ3n) is 2.74. The van der Waals surface area contributed by atoms with Crippen molar-refractivity contribution in [3.05, 3.63) is 35.6 Å². The van der Waals surface area contributed by atoms with Crippen LogP contribution >= 0.6 is 0 Å². The van der Waals surface area contributed by atoms with Crippen molar-refractivity contribution in [2.24, 2.45) is 0 Å². The third kappa shape index (κ3) is 5.39. The Kier molecular flexibility index (Phi) is 5.06. The molecule has 0 aliphatic heterocycles. The first-order valence-corrected chi connectivity index (χ1v) is 6.52. The van der Waals surface area contributed by atoms with E-state index in [1.54, 1.807) is 13.0 Å². The number of benzene rings is 1. The Hall–Kier alpha value is -1.42. The zero-order valence-electron chi connectivity index (χ0n) is 12.3. The van der Waals surface area contributed by atoms with E-state index in [9.17, 15) is 9.18 Å². The van der Waals surface area contributed by atoms with E-state index >= 15 is 0 Å². The monoisotopic (exact) mass is 266 g/mol. The maximum absolute atomic E-state index is 13.1. The summed E-state index contributed by atoms with van der Waals surface area (Å²) in [5.74, 6) is -0.325. The predicted octanol–water partition coefficient (Wildman–Crippen LogP) is 2.78. The van der Waals surface area contributed by atoms with E-state index in [4.69, 9.17) is 0 Å². The van der Waals surface area contributed by atoms with Crippen LogP contribution in [0.2, 0.25) is 0 Å². The molecule has 0 heterocycles. The minimum Gasteiger partial charge on any atom is -0.350 e. The Morgan fingerprint density at radius 3 is 2.42 bits per heavy atom. The normalized spacial score (nSPS) is 14.8. The van der Waals surface area contributed by atoms with Gasteiger partial charge in [0, 0.05) is 11.6 Å². The van der Waals surface area contributed by atoms with E-state index in [2.05, 4.69) is 10.6 Å². The Morgan fingerprint density at radius 1 is 1.26 bits per heavy atom. The fourth-order valence-electron chi connectivity index (χ4n) is 1.80. The molecule has 3 nitrogen and oxygen atoms in total. The van der Waals surface area contributed by atoms with Gasteiger partial charge in [-0.2, -0.15) is 0 Å². The lowest BCUT2D eigenvalue weighted by Gasteiger charge is -2.25. The van der Waals surface area contributed by atoms with E-state index in [1.807, 2.05) is 33.8 Å². The van der Waals surface area contributed by atoms with Gasteiger partial charge in [-0.05, 0) is 52.3 Å². The van der Waals surface area contributed by atoms with Crippen molar-refractivity contribution in [3.63, 3.8) is 0 Å². The summed E-state index contributed by atoms with van der Waals surface area (Å²) in [6.45, 7) is 9.53. The van der Waals surface area contributed by atoms with Crippen LogP contribution in [0.1, 0.15) is 46.2 Å². The number of halogens is 1. The molecule has 0 bridgehead atoms. The summed E-state index contributed by atoms with van der Waals surface area (Å²) in [5, 5.41) is 6.08. The minimum atomic E-state index is -0.336. The first kappa shape index (κ1) is 15.6. The van der Waals surface area contributed by atoms with E-state index < -0.39 is 0 Å². The summed E-state index contributed by atoms with van der Waals surface area (Å²) >= 11 is 0. The van der Waals surface area contributed by atoms with Crippen molar-refractivity contribution in [3.8, 4) is 0 Å². The Labute approximate surface area is 114 Å². The van der Waals surface area contributed by atoms with E-state index in [-0.39, 0.29) is 29.3 Å². The van der Waals surface area contributed by atoms with Gasteiger partial charge >= 0.3 is 0 Å². The second kappa shape index (κ2) is 6.15. The lowest BCUT2D eigenvalue weighted by atomic mass is 10.1. The van der Waals surface area contributed by atoms with Gasteiger partial charge in [0.25, 0.3) is 0 Å². The van der Waals surface area contributed by atoms with Crippen LogP contribution in [0.3, 0.4) is 0 Å². The van der Waals surface area contributed by atoms with Crippen LogP contribution in [-0.2, 0) is 4.79 Å². The maximum atomic E-state index is 13.1. The van der Waals surface area contributed by atoms with Gasteiger partial charge in [-0.15, -0.1) is 0 Å². The number of carbonyl (C=O) groups is 1. The molecule has 0 aliphatic carbocycles. The molecule has 0 saturated heterocycles. The molecule has 1 amide bonds. The molecule has 2 N–H and O–H groups in total. The minimum absolute atomic E-state index is 0.0595. The predicted molar refractivity (Wildman–Crippen MR) is 75.3 cm³/mol. The average molecular weight is 266 g/mol. The summed E-state index contributed by atoms with van der Waals surface area (Å²) in [6.07, 6.45) is 0. The van der Waals surface area contributed by atoms with Crippen LogP contribution in [0.25, 0.3) is 0 Å². The number of carbonyl (C=O) groups excluding carboxylic acids is 1. The number of rotatable bonds is 4. The number of nitrogens with one attached hydrogen (secondary N) is 2. The van der Waals surface area contributed by atoms with Crippen molar-refractivity contribution in [2.45, 2.75) is 52.2 Å². The molecule has 1 aromatic rings. The Bertz CT molecular complexity index is 440. The van der Waals surface area contributed by atoms with Gasteiger partial charge in [0.1, 0.15) is 5.82 Å². The average Bonchev–Trinajstić information content (AvgIpc) is 2.26. The van der Waals surface area contributed by atoms with Crippen LogP contribution in [0.15, 0.2) is 24.3 Å². The Morgan fingerprint density at radius 2 is 1.89 bits per heavy atom. The highest BCUT2D eigenvalue weighted by Gasteiger charge is 2.20. The number of hydrogen-bond acceptors (Lipinski definition) is 2. The molecule has 0 radical (unpaired) electrons. The Balaban J connectivity index is 2.61. The van der Waals surface area contributed by atoms with Gasteiger partial charge in [-0.25, -0.2) is 4.39 Å². The SMILES string of the molecule is CC(N[C@H](C)c1cccc(F)c1)C(=O)NC(C)(C)C. The molecular formula is C15H23FN2O. The molecule has 106 valence electrons. The van der Waals surface area contributed by atoms with Crippen LogP contribution in [0.5, 0.6) is 0 Å². The standard InChI is InChI=1S/C15H23FN2O/c1-10(12-7-6-8-13(16)9-12)17-11(2)14(19)18-15(3,4)5/h6-11,17H,1-5H3,(H,18,19)/t10-,11?/m1/s1. The molecule has 0 spiro atoms. The summed E-state index contributed by atoms with van der Waals surface area (Å²) in [5.41, 5.74) is 0.574. The maximum Gasteiger partial charge on any atom is 0.237 e. The van der Waals surface area contributed by atoms with Crippen molar-refractivity contribution >= 4 is 5.91 Å². The van der Waals surface area contributed by atoms with Crippen LogP contribution in [-0.4, -0.2) is 17.5 Å². The third-order valence-corrected chi connectivity index (χ3v) is 2.74. The number of amides is 1. The van der Waals surface area contributed by atoms with Gasteiger partial charge in [0.15, 0.2) is 0 Å². The van der Waals surface area contributed by atoms with Gasteiger partial charge in [0.2, 0.25) is 5.91 Å². The second-order valence-corrected chi connectivity index (χ2v) is 5.90. The van der Waals surface area contributed by atoms with Gasteiger partial charge in [-0.3, -0.25) is 10.1 Å². The summed E-state index contributed by atoms with van der Waals surface area (Å²) in [7, 11) is 0. The number of hydrogen-bond donors (Lipinski definition) is 2. The molecular weight excluding hydrogens is 243 g/mol. The molecule has 4 heteroatoms. The zero-order chi connectivity index (χ0) is 14.6. The lowest BCUT2D eigenvalue weighted by molar-refractivity contribution is -0.124. The highest BCUT2D eigenvalue weighted by molar-refractivity contribution is 5.81. The van der Waals surface area contributed by atoms with Gasteiger partial charge in [0.05, 0.1) is 6.04 Å². The fourth-order valence-corrected chi connectivity index (χ4v) is 1.80. The van der Waals surface area contributed by atoms with Gasteiger partial charge < -0.3 is 5.32 Å².